The highest BCUT2D eigenvalue weighted by Gasteiger charge is 2.21. The van der Waals surface area contributed by atoms with Crippen molar-refractivity contribution in [3.63, 3.8) is 0 Å². The lowest BCUT2D eigenvalue weighted by Gasteiger charge is -2.05. The van der Waals surface area contributed by atoms with Gasteiger partial charge in [0.15, 0.2) is 11.6 Å². The molecule has 1 aromatic carbocycles. The van der Waals surface area contributed by atoms with E-state index in [1.165, 1.54) is 6.92 Å². The molecule has 0 atom stereocenters. The molecule has 0 amide bonds. The number of nitrogens with zero attached hydrogens (tertiary/aromatic N) is 1. The second-order valence-electron chi connectivity index (χ2n) is 3.59. The molecule has 1 aromatic heterocycles. The van der Waals surface area contributed by atoms with Gasteiger partial charge in [0.1, 0.15) is 16.8 Å². The Morgan fingerprint density at radius 3 is 2.67 bits per heavy atom. The van der Waals surface area contributed by atoms with Gasteiger partial charge < -0.3 is 9.72 Å². The molecule has 1 N–H and O–H groups in total. The molecule has 0 unspecified atom stereocenters. The molecule has 0 saturated carbocycles. The molecule has 0 spiro atoms. The molecule has 0 aliphatic rings. The first-order valence-corrected chi connectivity index (χ1v) is 4.92. The number of H-pyrrole nitrogens is 1. The van der Waals surface area contributed by atoms with Gasteiger partial charge in [-0.3, -0.25) is 4.79 Å². The van der Waals surface area contributed by atoms with Crippen molar-refractivity contribution in [1.82, 2.24) is 9.97 Å². The van der Waals surface area contributed by atoms with Crippen LogP contribution in [-0.2, 0) is 4.74 Å². The molecule has 2 rings (SSSR count). The number of rotatable bonds is 1. The zero-order valence-electron chi connectivity index (χ0n) is 9.51. The fourth-order valence-electron chi connectivity index (χ4n) is 1.51. The van der Waals surface area contributed by atoms with Crippen molar-refractivity contribution in [3.8, 4) is 0 Å². The van der Waals surface area contributed by atoms with Gasteiger partial charge in [0.25, 0.3) is 5.56 Å². The molecule has 0 aliphatic carbocycles. The lowest BCUT2D eigenvalue weighted by molar-refractivity contribution is 0.0594. The molecule has 0 aliphatic heterocycles. The number of fused-ring (bicyclic) bond motifs is 1. The Morgan fingerprint density at radius 1 is 1.39 bits per heavy atom. The van der Waals surface area contributed by atoms with E-state index in [2.05, 4.69) is 14.7 Å². The largest absolute Gasteiger partial charge is 0.465 e. The summed E-state index contributed by atoms with van der Waals surface area (Å²) in [7, 11) is 1.04. The highest BCUT2D eigenvalue weighted by Crippen LogP contribution is 2.20. The topological polar surface area (TPSA) is 72.1 Å². The van der Waals surface area contributed by atoms with Gasteiger partial charge >= 0.3 is 5.97 Å². The molecule has 0 saturated heterocycles. The Bertz CT molecular complexity index is 709. The highest BCUT2D eigenvalue weighted by atomic mass is 19.2. The van der Waals surface area contributed by atoms with E-state index in [1.807, 2.05) is 0 Å². The van der Waals surface area contributed by atoms with Gasteiger partial charge in [0.05, 0.1) is 12.6 Å². The second-order valence-corrected chi connectivity index (χ2v) is 3.59. The van der Waals surface area contributed by atoms with E-state index in [-0.39, 0.29) is 16.7 Å². The minimum absolute atomic E-state index is 0.00613. The Kier molecular flexibility index (Phi) is 2.82. The number of aromatic amines is 1. The van der Waals surface area contributed by atoms with Gasteiger partial charge in [-0.15, -0.1) is 0 Å². The third-order valence-electron chi connectivity index (χ3n) is 2.44. The fourth-order valence-corrected chi connectivity index (χ4v) is 1.51. The van der Waals surface area contributed by atoms with Gasteiger partial charge in [-0.05, 0) is 13.0 Å². The quantitative estimate of drug-likeness (QED) is 0.778. The molecular formula is C11H8F2N2O3. The van der Waals surface area contributed by atoms with Gasteiger partial charge in [-0.2, -0.15) is 0 Å². The minimum Gasteiger partial charge on any atom is -0.465 e. The molecule has 2 aromatic rings. The lowest BCUT2D eigenvalue weighted by Crippen LogP contribution is -2.14. The molecule has 18 heavy (non-hydrogen) atoms. The third kappa shape index (κ3) is 1.73. The smallest absolute Gasteiger partial charge is 0.341 e. The number of ether oxygens (including phenoxy) is 1. The minimum atomic E-state index is -1.35. The van der Waals surface area contributed by atoms with E-state index in [0.29, 0.717) is 0 Å². The van der Waals surface area contributed by atoms with Crippen LogP contribution in [0.4, 0.5) is 8.78 Å². The standard InChI is InChI=1S/C11H8F2N2O3/c1-4-10(16)15-6-3-5(11(17)18-2)7(12)8(13)9(6)14-4/h3H,1-2H3,(H,15,16). The first-order valence-electron chi connectivity index (χ1n) is 4.92. The number of esters is 1. The predicted molar refractivity (Wildman–Crippen MR) is 58.4 cm³/mol. The molecule has 94 valence electrons. The van der Waals surface area contributed by atoms with E-state index in [1.54, 1.807) is 0 Å². The van der Waals surface area contributed by atoms with Crippen LogP contribution in [-0.4, -0.2) is 23.0 Å². The third-order valence-corrected chi connectivity index (χ3v) is 2.44. The van der Waals surface area contributed by atoms with E-state index in [4.69, 9.17) is 0 Å². The maximum Gasteiger partial charge on any atom is 0.341 e. The van der Waals surface area contributed by atoms with Crippen LogP contribution in [0.25, 0.3) is 11.0 Å². The van der Waals surface area contributed by atoms with Gasteiger partial charge in [-0.1, -0.05) is 0 Å². The number of aromatic nitrogens is 2. The summed E-state index contributed by atoms with van der Waals surface area (Å²) in [4.78, 5) is 28.5. The van der Waals surface area contributed by atoms with Crippen LogP contribution in [0.3, 0.4) is 0 Å². The first-order chi connectivity index (χ1) is 8.45. The molecule has 1 heterocycles. The van der Waals surface area contributed by atoms with Crippen molar-refractivity contribution < 1.29 is 18.3 Å². The monoisotopic (exact) mass is 254 g/mol. The van der Waals surface area contributed by atoms with Crippen molar-refractivity contribution in [2.75, 3.05) is 7.11 Å². The number of halogens is 2. The molecule has 0 fully saturated rings. The average Bonchev–Trinajstić information content (AvgIpc) is 2.35. The van der Waals surface area contributed by atoms with E-state index >= 15 is 0 Å². The maximum atomic E-state index is 13.7. The Hall–Kier alpha value is -2.31. The van der Waals surface area contributed by atoms with E-state index in [0.717, 1.165) is 13.2 Å². The van der Waals surface area contributed by atoms with Gasteiger partial charge in [-0.25, -0.2) is 18.6 Å². The molecule has 5 nitrogen and oxygen atoms in total. The fraction of sp³-hybridized carbons (Fsp3) is 0.182. The normalized spacial score (nSPS) is 10.7. The van der Waals surface area contributed by atoms with Crippen LogP contribution in [0.2, 0.25) is 0 Å². The van der Waals surface area contributed by atoms with Crippen molar-refractivity contribution in [1.29, 1.82) is 0 Å². The SMILES string of the molecule is COC(=O)c1cc2[nH]c(=O)c(C)nc2c(F)c1F. The maximum absolute atomic E-state index is 13.7. The summed E-state index contributed by atoms with van der Waals surface area (Å²) < 4.78 is 31.6. The van der Waals surface area contributed by atoms with Crippen molar-refractivity contribution >= 4 is 17.0 Å². The van der Waals surface area contributed by atoms with Crippen LogP contribution in [0.15, 0.2) is 10.9 Å². The summed E-state index contributed by atoms with van der Waals surface area (Å²) in [6.07, 6.45) is 0. The number of aryl methyl sites for hydroxylation is 1. The number of carbonyl (C=O) groups excluding carboxylic acids is 1. The lowest BCUT2D eigenvalue weighted by atomic mass is 10.1. The van der Waals surface area contributed by atoms with Crippen LogP contribution in [0, 0.1) is 18.6 Å². The molecule has 0 bridgehead atoms. The van der Waals surface area contributed by atoms with Crippen molar-refractivity contribution in [3.05, 3.63) is 39.3 Å². The zero-order chi connectivity index (χ0) is 13.4. The van der Waals surface area contributed by atoms with Crippen LogP contribution in [0.1, 0.15) is 16.1 Å². The molecule has 0 radical (unpaired) electrons. The Labute approximate surface area is 99.4 Å². The summed E-state index contributed by atoms with van der Waals surface area (Å²) in [5, 5.41) is 0. The number of hydrogen-bond acceptors (Lipinski definition) is 4. The summed E-state index contributed by atoms with van der Waals surface area (Å²) in [6, 6.07) is 0.993. The average molecular weight is 254 g/mol. The Morgan fingerprint density at radius 2 is 2.06 bits per heavy atom. The van der Waals surface area contributed by atoms with Crippen molar-refractivity contribution in [2.24, 2.45) is 0 Å². The van der Waals surface area contributed by atoms with Gasteiger partial charge in [0, 0.05) is 0 Å². The van der Waals surface area contributed by atoms with Crippen LogP contribution in [0.5, 0.6) is 0 Å². The van der Waals surface area contributed by atoms with Crippen molar-refractivity contribution in [2.45, 2.75) is 6.92 Å². The number of hydrogen-bond donors (Lipinski definition) is 1. The zero-order valence-corrected chi connectivity index (χ0v) is 9.51. The molecule has 7 heteroatoms. The number of benzene rings is 1. The van der Waals surface area contributed by atoms with Crippen LogP contribution < -0.4 is 5.56 Å². The van der Waals surface area contributed by atoms with Gasteiger partial charge in [0.2, 0.25) is 0 Å². The summed E-state index contributed by atoms with van der Waals surface area (Å²) in [5.74, 6) is -3.68. The summed E-state index contributed by atoms with van der Waals surface area (Å²) in [6.45, 7) is 1.36. The summed E-state index contributed by atoms with van der Waals surface area (Å²) in [5.41, 5.74) is -1.53. The second kappa shape index (κ2) is 4.17. The molecular weight excluding hydrogens is 246 g/mol. The predicted octanol–water partition coefficient (Wildman–Crippen LogP) is 1.30. The Balaban J connectivity index is 2.88. The van der Waals surface area contributed by atoms with Crippen LogP contribution >= 0.6 is 0 Å². The number of nitrogens with one attached hydrogen (secondary N) is 1. The summed E-state index contributed by atoms with van der Waals surface area (Å²) >= 11 is 0. The number of methoxy groups -OCH3 is 1. The number of carbonyl (C=O) groups is 1. The van der Waals surface area contributed by atoms with E-state index in [9.17, 15) is 18.4 Å². The highest BCUT2D eigenvalue weighted by molar-refractivity contribution is 5.94. The first kappa shape index (κ1) is 12.2. The van der Waals surface area contributed by atoms with E-state index < -0.39 is 28.7 Å².